The highest BCUT2D eigenvalue weighted by atomic mass is 32.1. The summed E-state index contributed by atoms with van der Waals surface area (Å²) in [4.78, 5) is 22.1. The number of piperazine rings is 1. The molecular weight excluding hydrogens is 458 g/mol. The smallest absolute Gasteiger partial charge is 0.225 e. The molecule has 9 heteroatoms. The van der Waals surface area contributed by atoms with E-state index in [-0.39, 0.29) is 6.04 Å². The molecule has 1 aromatic carbocycles. The van der Waals surface area contributed by atoms with Crippen LogP contribution in [0.2, 0.25) is 0 Å². The summed E-state index contributed by atoms with van der Waals surface area (Å²) < 4.78 is 0. The van der Waals surface area contributed by atoms with Crippen LogP contribution in [-0.2, 0) is 6.42 Å². The molecule has 1 saturated heterocycles. The molecule has 0 aliphatic carbocycles. The van der Waals surface area contributed by atoms with Crippen LogP contribution in [0.1, 0.15) is 42.9 Å². The zero-order chi connectivity index (χ0) is 24.0. The molecule has 3 N–H and O–H groups in total. The minimum Gasteiger partial charge on any atom is -0.373 e. The third-order valence-electron chi connectivity index (χ3n) is 6.61. The summed E-state index contributed by atoms with van der Waals surface area (Å²) in [5, 5.41) is 16.7. The first-order chi connectivity index (χ1) is 17.2. The SMILES string of the molecule is CCCCC(Cc1c[nH]c2ccccc12)NC(O)c1cnc(N2CCN(c3ncccn3)CC2)s1. The highest BCUT2D eigenvalue weighted by Gasteiger charge is 2.23. The number of hydrogen-bond donors (Lipinski definition) is 3. The Labute approximate surface area is 210 Å². The number of aliphatic hydroxyl groups is 1. The Morgan fingerprint density at radius 3 is 2.63 bits per heavy atom. The Balaban J connectivity index is 1.21. The molecule has 0 amide bonds. The van der Waals surface area contributed by atoms with Crippen LogP contribution in [0.5, 0.6) is 0 Å². The van der Waals surface area contributed by atoms with E-state index in [0.717, 1.165) is 73.3 Å². The zero-order valence-electron chi connectivity index (χ0n) is 20.1. The molecule has 0 bridgehead atoms. The molecule has 184 valence electrons. The number of nitrogens with zero attached hydrogens (tertiary/aromatic N) is 5. The van der Waals surface area contributed by atoms with E-state index in [1.165, 1.54) is 10.9 Å². The van der Waals surface area contributed by atoms with Crippen molar-refractivity contribution in [2.24, 2.45) is 0 Å². The number of hydrogen-bond acceptors (Lipinski definition) is 8. The van der Waals surface area contributed by atoms with Crippen LogP contribution in [0, 0.1) is 0 Å². The molecule has 2 unspecified atom stereocenters. The lowest BCUT2D eigenvalue weighted by Gasteiger charge is -2.34. The van der Waals surface area contributed by atoms with Crippen molar-refractivity contribution in [2.75, 3.05) is 36.0 Å². The van der Waals surface area contributed by atoms with Gasteiger partial charge in [0.25, 0.3) is 0 Å². The largest absolute Gasteiger partial charge is 0.373 e. The quantitative estimate of drug-likeness (QED) is 0.287. The molecule has 4 aromatic rings. The Hall–Kier alpha value is -3.01. The predicted octanol–water partition coefficient (Wildman–Crippen LogP) is 4.12. The number of unbranched alkanes of at least 4 members (excludes halogenated alkanes) is 1. The van der Waals surface area contributed by atoms with E-state index in [1.54, 1.807) is 23.7 Å². The fourth-order valence-corrected chi connectivity index (χ4v) is 5.58. The van der Waals surface area contributed by atoms with Gasteiger partial charge >= 0.3 is 0 Å². The lowest BCUT2D eigenvalue weighted by molar-refractivity contribution is 0.123. The number of aromatic nitrogens is 4. The van der Waals surface area contributed by atoms with Crippen LogP contribution in [-0.4, -0.2) is 57.3 Å². The third-order valence-corrected chi connectivity index (χ3v) is 7.72. The molecule has 4 heterocycles. The van der Waals surface area contributed by atoms with Gasteiger partial charge in [-0.25, -0.2) is 15.0 Å². The molecule has 1 aliphatic rings. The average Bonchev–Trinajstić information content (AvgIpc) is 3.56. The summed E-state index contributed by atoms with van der Waals surface area (Å²) >= 11 is 1.57. The molecule has 1 aliphatic heterocycles. The van der Waals surface area contributed by atoms with Gasteiger partial charge in [-0.2, -0.15) is 0 Å². The second-order valence-electron chi connectivity index (χ2n) is 9.04. The summed E-state index contributed by atoms with van der Waals surface area (Å²) in [5.74, 6) is 0.778. The van der Waals surface area contributed by atoms with E-state index in [9.17, 15) is 5.11 Å². The highest BCUT2D eigenvalue weighted by Crippen LogP contribution is 2.29. The average molecular weight is 492 g/mol. The van der Waals surface area contributed by atoms with Gasteiger partial charge < -0.3 is 19.9 Å². The second-order valence-corrected chi connectivity index (χ2v) is 10.1. The maximum Gasteiger partial charge on any atom is 0.225 e. The van der Waals surface area contributed by atoms with E-state index in [1.807, 2.05) is 12.3 Å². The zero-order valence-corrected chi connectivity index (χ0v) is 20.9. The fraction of sp³-hybridized carbons (Fsp3) is 0.423. The van der Waals surface area contributed by atoms with Gasteiger partial charge in [0.15, 0.2) is 5.13 Å². The Morgan fingerprint density at radius 2 is 1.83 bits per heavy atom. The van der Waals surface area contributed by atoms with Crippen molar-refractivity contribution in [1.29, 1.82) is 0 Å². The van der Waals surface area contributed by atoms with Crippen LogP contribution in [0.25, 0.3) is 10.9 Å². The summed E-state index contributed by atoms with van der Waals surface area (Å²) in [5.41, 5.74) is 2.44. The summed E-state index contributed by atoms with van der Waals surface area (Å²) in [7, 11) is 0. The Bertz CT molecular complexity index is 1200. The van der Waals surface area contributed by atoms with Crippen molar-refractivity contribution in [3.05, 3.63) is 65.6 Å². The monoisotopic (exact) mass is 491 g/mol. The maximum atomic E-state index is 11.0. The lowest BCUT2D eigenvalue weighted by Crippen LogP contribution is -2.47. The molecule has 0 spiro atoms. The van der Waals surface area contributed by atoms with Crippen molar-refractivity contribution >= 4 is 33.3 Å². The number of anilines is 2. The van der Waals surface area contributed by atoms with Gasteiger partial charge in [0.05, 0.1) is 4.88 Å². The van der Waals surface area contributed by atoms with E-state index in [2.05, 4.69) is 72.4 Å². The number of aromatic amines is 1. The summed E-state index contributed by atoms with van der Waals surface area (Å²) in [6.07, 6.45) is 10.9. The van der Waals surface area contributed by atoms with Gasteiger partial charge in [-0.05, 0) is 30.5 Å². The van der Waals surface area contributed by atoms with Crippen LogP contribution in [0.3, 0.4) is 0 Å². The van der Waals surface area contributed by atoms with Gasteiger partial charge in [0.2, 0.25) is 5.95 Å². The highest BCUT2D eigenvalue weighted by molar-refractivity contribution is 7.15. The Kier molecular flexibility index (Phi) is 7.56. The van der Waals surface area contributed by atoms with Crippen LogP contribution in [0.4, 0.5) is 11.1 Å². The first-order valence-electron chi connectivity index (χ1n) is 12.4. The van der Waals surface area contributed by atoms with E-state index >= 15 is 0 Å². The minimum atomic E-state index is -0.729. The minimum absolute atomic E-state index is 0.184. The number of fused-ring (bicyclic) bond motifs is 1. The van der Waals surface area contributed by atoms with Crippen molar-refractivity contribution in [3.8, 4) is 0 Å². The molecule has 1 fully saturated rings. The third kappa shape index (κ3) is 5.63. The first-order valence-corrected chi connectivity index (χ1v) is 13.2. The molecule has 0 saturated carbocycles. The molecule has 35 heavy (non-hydrogen) atoms. The van der Waals surface area contributed by atoms with Crippen molar-refractivity contribution in [1.82, 2.24) is 25.3 Å². The number of thiazole rings is 1. The molecular formula is C26H33N7OS. The number of rotatable bonds is 10. The second kappa shape index (κ2) is 11.2. The molecule has 2 atom stereocenters. The number of benzene rings is 1. The van der Waals surface area contributed by atoms with Gasteiger partial charge in [0.1, 0.15) is 6.23 Å². The lowest BCUT2D eigenvalue weighted by atomic mass is 10.0. The van der Waals surface area contributed by atoms with E-state index < -0.39 is 6.23 Å². The maximum absolute atomic E-state index is 11.0. The van der Waals surface area contributed by atoms with Gasteiger partial charge in [-0.1, -0.05) is 49.3 Å². The molecule has 0 radical (unpaired) electrons. The number of H-pyrrole nitrogens is 1. The molecule has 5 rings (SSSR count). The standard InChI is InChI=1S/C26H33N7OS/c1-2-3-7-20(16-19-17-29-22-9-5-4-8-21(19)22)31-24(34)23-18-30-26(35-23)33-14-12-32(13-15-33)25-27-10-6-11-28-25/h4-6,8-11,17-18,20,24,29,31,34H,2-3,7,12-16H2,1H3. The van der Waals surface area contributed by atoms with E-state index in [4.69, 9.17) is 0 Å². The van der Waals surface area contributed by atoms with Crippen LogP contribution < -0.4 is 15.1 Å². The Morgan fingerprint density at radius 1 is 1.06 bits per heavy atom. The van der Waals surface area contributed by atoms with E-state index in [0.29, 0.717) is 0 Å². The van der Waals surface area contributed by atoms with Crippen molar-refractivity contribution in [3.63, 3.8) is 0 Å². The van der Waals surface area contributed by atoms with Crippen molar-refractivity contribution < 1.29 is 5.11 Å². The predicted molar refractivity (Wildman–Crippen MR) is 142 cm³/mol. The number of nitrogens with one attached hydrogen (secondary N) is 2. The summed E-state index contributed by atoms with van der Waals surface area (Å²) in [6.45, 7) is 5.62. The normalized spacial score (nSPS) is 16.1. The van der Waals surface area contributed by atoms with Crippen LogP contribution >= 0.6 is 11.3 Å². The molecule has 8 nitrogen and oxygen atoms in total. The van der Waals surface area contributed by atoms with Gasteiger partial charge in [-0.15, -0.1) is 0 Å². The molecule has 3 aromatic heterocycles. The topological polar surface area (TPSA) is 93.2 Å². The van der Waals surface area contributed by atoms with Crippen LogP contribution in [0.15, 0.2) is 55.1 Å². The number of aliphatic hydroxyl groups excluding tert-OH is 1. The fourth-order valence-electron chi connectivity index (χ4n) is 4.67. The van der Waals surface area contributed by atoms with Gasteiger partial charge in [-0.3, -0.25) is 5.32 Å². The number of para-hydroxylation sites is 1. The first kappa shape index (κ1) is 23.7. The van der Waals surface area contributed by atoms with Crippen molar-refractivity contribution in [2.45, 2.75) is 44.9 Å². The van der Waals surface area contributed by atoms with Gasteiger partial charge in [0, 0.05) is 67.9 Å². The summed E-state index contributed by atoms with van der Waals surface area (Å²) in [6, 6.07) is 10.4.